The summed E-state index contributed by atoms with van der Waals surface area (Å²) in [5, 5.41) is 12.8. The number of anilines is 2. The summed E-state index contributed by atoms with van der Waals surface area (Å²) >= 11 is 0. The zero-order chi connectivity index (χ0) is 23.6. The summed E-state index contributed by atoms with van der Waals surface area (Å²) in [5.41, 5.74) is 3.69. The van der Waals surface area contributed by atoms with Gasteiger partial charge in [0.25, 0.3) is 0 Å². The number of hydrogen-bond donors (Lipinski definition) is 2. The first-order valence-corrected chi connectivity index (χ1v) is 11.4. The number of benzene rings is 1. The molecule has 1 aromatic heterocycles. The second-order valence-corrected chi connectivity index (χ2v) is 7.98. The molecule has 0 amide bonds. The van der Waals surface area contributed by atoms with E-state index in [2.05, 4.69) is 33.2 Å². The van der Waals surface area contributed by atoms with Crippen LogP contribution in [-0.2, 0) is 14.3 Å². The summed E-state index contributed by atoms with van der Waals surface area (Å²) in [6.07, 6.45) is 4.31. The van der Waals surface area contributed by atoms with Gasteiger partial charge in [-0.3, -0.25) is 9.69 Å². The van der Waals surface area contributed by atoms with Gasteiger partial charge in [-0.25, -0.2) is 9.97 Å². The minimum Gasteiger partial charge on any atom is -0.481 e. The number of morpholine rings is 1. The Labute approximate surface area is 195 Å². The molecule has 0 saturated carbocycles. The van der Waals surface area contributed by atoms with Crippen LogP contribution in [0.1, 0.15) is 49.8 Å². The fourth-order valence-electron chi connectivity index (χ4n) is 4.22. The molecule has 0 bridgehead atoms. The highest BCUT2D eigenvalue weighted by molar-refractivity contribution is 5.69. The molecular formula is C24H34N4O5. The summed E-state index contributed by atoms with van der Waals surface area (Å²) in [5.74, 6) is -1.10. The van der Waals surface area contributed by atoms with Gasteiger partial charge in [0.1, 0.15) is 0 Å². The molecule has 1 saturated heterocycles. The van der Waals surface area contributed by atoms with Gasteiger partial charge >= 0.3 is 12.0 Å². The van der Waals surface area contributed by atoms with Crippen molar-refractivity contribution in [3.8, 4) is 6.01 Å². The van der Waals surface area contributed by atoms with Gasteiger partial charge in [-0.05, 0) is 30.5 Å². The molecule has 180 valence electrons. The number of rotatable bonds is 12. The van der Waals surface area contributed by atoms with Gasteiger partial charge in [0.15, 0.2) is 0 Å². The van der Waals surface area contributed by atoms with Crippen molar-refractivity contribution in [2.75, 3.05) is 51.9 Å². The molecule has 2 heterocycles. The minimum absolute atomic E-state index is 0.000534. The highest BCUT2D eigenvalue weighted by atomic mass is 16.5. The van der Waals surface area contributed by atoms with Crippen LogP contribution in [0, 0.1) is 0 Å². The Balaban J connectivity index is 1.97. The molecule has 1 unspecified atom stereocenters. The maximum absolute atomic E-state index is 11.4. The summed E-state index contributed by atoms with van der Waals surface area (Å²) in [4.78, 5) is 22.4. The number of carboxylic acid groups (broad SMARTS) is 1. The summed E-state index contributed by atoms with van der Waals surface area (Å²) < 4.78 is 16.2. The number of nitrogens with one attached hydrogen (secondary N) is 1. The maximum atomic E-state index is 11.4. The van der Waals surface area contributed by atoms with Crippen molar-refractivity contribution in [3.63, 3.8) is 0 Å². The summed E-state index contributed by atoms with van der Waals surface area (Å²) in [7, 11) is 1.59. The molecule has 0 aliphatic carbocycles. The molecular weight excluding hydrogens is 424 g/mol. The third-order valence-electron chi connectivity index (χ3n) is 5.75. The summed E-state index contributed by atoms with van der Waals surface area (Å²) in [6, 6.07) is 6.68. The predicted molar refractivity (Wildman–Crippen MR) is 125 cm³/mol. The zero-order valence-corrected chi connectivity index (χ0v) is 19.6. The van der Waals surface area contributed by atoms with E-state index in [1.807, 2.05) is 19.1 Å². The van der Waals surface area contributed by atoms with Gasteiger partial charge in [-0.1, -0.05) is 19.1 Å². The average Bonchev–Trinajstić information content (AvgIpc) is 2.82. The number of aliphatic carboxylic acids is 1. The number of methoxy groups -OCH3 is 1. The molecule has 3 rings (SSSR count). The van der Waals surface area contributed by atoms with Crippen LogP contribution < -0.4 is 10.1 Å². The topological polar surface area (TPSA) is 106 Å². The van der Waals surface area contributed by atoms with E-state index in [9.17, 15) is 9.90 Å². The van der Waals surface area contributed by atoms with E-state index in [-0.39, 0.29) is 18.4 Å². The van der Waals surface area contributed by atoms with Crippen molar-refractivity contribution in [2.24, 2.45) is 0 Å². The second kappa shape index (κ2) is 12.5. The Bertz CT molecular complexity index is 887. The lowest BCUT2D eigenvalue weighted by Crippen LogP contribution is -2.39. The smallest absolute Gasteiger partial charge is 0.316 e. The highest BCUT2D eigenvalue weighted by Crippen LogP contribution is 2.35. The van der Waals surface area contributed by atoms with Crippen molar-refractivity contribution < 1.29 is 24.1 Å². The third-order valence-corrected chi connectivity index (χ3v) is 5.75. The van der Waals surface area contributed by atoms with Gasteiger partial charge < -0.3 is 24.6 Å². The van der Waals surface area contributed by atoms with Crippen molar-refractivity contribution in [1.82, 2.24) is 14.9 Å². The van der Waals surface area contributed by atoms with Crippen molar-refractivity contribution in [2.45, 2.75) is 38.6 Å². The lowest BCUT2D eigenvalue weighted by molar-refractivity contribution is -0.137. The van der Waals surface area contributed by atoms with Gasteiger partial charge in [0, 0.05) is 37.8 Å². The van der Waals surface area contributed by atoms with E-state index in [4.69, 9.17) is 14.2 Å². The lowest BCUT2D eigenvalue weighted by Gasteiger charge is -2.35. The SMILES string of the molecule is CCOc1ncc(Nc2cc(C(COC)CC(=O)O)ccc2[C@@H](CC)N2CCOCC2)cn1. The van der Waals surface area contributed by atoms with Crippen LogP contribution in [0.15, 0.2) is 30.6 Å². The lowest BCUT2D eigenvalue weighted by atomic mass is 9.91. The molecule has 2 N–H and O–H groups in total. The quantitative estimate of drug-likeness (QED) is 0.493. The molecule has 0 spiro atoms. The van der Waals surface area contributed by atoms with Crippen molar-refractivity contribution in [1.29, 1.82) is 0 Å². The fourth-order valence-corrected chi connectivity index (χ4v) is 4.22. The largest absolute Gasteiger partial charge is 0.481 e. The molecule has 2 atom stereocenters. The number of hydrogen-bond acceptors (Lipinski definition) is 8. The second-order valence-electron chi connectivity index (χ2n) is 7.98. The molecule has 2 aromatic rings. The minimum atomic E-state index is -0.852. The van der Waals surface area contributed by atoms with Crippen LogP contribution in [0.3, 0.4) is 0 Å². The maximum Gasteiger partial charge on any atom is 0.316 e. The molecule has 9 heteroatoms. The van der Waals surface area contributed by atoms with E-state index in [0.29, 0.717) is 19.2 Å². The van der Waals surface area contributed by atoms with E-state index < -0.39 is 5.97 Å². The Morgan fingerprint density at radius 2 is 1.97 bits per heavy atom. The number of nitrogens with zero attached hydrogens (tertiary/aromatic N) is 3. The molecule has 1 aliphatic rings. The Kier molecular flexibility index (Phi) is 9.41. The van der Waals surface area contributed by atoms with Crippen molar-refractivity contribution in [3.05, 3.63) is 41.7 Å². The first-order valence-electron chi connectivity index (χ1n) is 11.4. The van der Waals surface area contributed by atoms with Crippen LogP contribution in [0.5, 0.6) is 6.01 Å². The van der Waals surface area contributed by atoms with Crippen LogP contribution in [0.4, 0.5) is 11.4 Å². The van der Waals surface area contributed by atoms with Gasteiger partial charge in [-0.2, -0.15) is 0 Å². The average molecular weight is 459 g/mol. The van der Waals surface area contributed by atoms with E-state index in [1.165, 1.54) is 0 Å². The van der Waals surface area contributed by atoms with Gasteiger partial charge in [-0.15, -0.1) is 0 Å². The Hall–Kier alpha value is -2.75. The van der Waals surface area contributed by atoms with Crippen LogP contribution in [0.25, 0.3) is 0 Å². The first-order chi connectivity index (χ1) is 16.0. The number of carboxylic acids is 1. The van der Waals surface area contributed by atoms with Gasteiger partial charge in [0.05, 0.1) is 50.9 Å². The third kappa shape index (κ3) is 6.86. The summed E-state index contributed by atoms with van der Waals surface area (Å²) in [6.45, 7) is 8.08. The molecule has 9 nitrogen and oxygen atoms in total. The highest BCUT2D eigenvalue weighted by Gasteiger charge is 2.25. The van der Waals surface area contributed by atoms with E-state index in [0.717, 1.165) is 55.2 Å². The Morgan fingerprint density at radius 3 is 2.58 bits per heavy atom. The molecule has 1 fully saturated rings. The van der Waals surface area contributed by atoms with Gasteiger partial charge in [0.2, 0.25) is 0 Å². The fraction of sp³-hybridized carbons (Fsp3) is 0.542. The van der Waals surface area contributed by atoms with E-state index in [1.54, 1.807) is 19.5 Å². The standard InChI is InChI=1S/C24H34N4O5/c1-4-22(28-8-10-32-11-9-28)20-7-6-17(18(16-31-3)13-23(29)30)12-21(20)27-19-14-25-24(26-15-19)33-5-2/h6-7,12,14-15,18,22,27H,4-5,8-11,13,16H2,1-3H3,(H,29,30)/t18?,22-/m1/s1. The number of carbonyl (C=O) groups is 1. The number of aromatic nitrogens is 2. The monoisotopic (exact) mass is 458 g/mol. The van der Waals surface area contributed by atoms with Crippen LogP contribution >= 0.6 is 0 Å². The van der Waals surface area contributed by atoms with Crippen LogP contribution in [0.2, 0.25) is 0 Å². The Morgan fingerprint density at radius 1 is 1.24 bits per heavy atom. The zero-order valence-electron chi connectivity index (χ0n) is 19.6. The van der Waals surface area contributed by atoms with E-state index >= 15 is 0 Å². The molecule has 1 aromatic carbocycles. The predicted octanol–water partition coefficient (Wildman–Crippen LogP) is 3.61. The normalized spacial score (nSPS) is 16.2. The first kappa shape index (κ1) is 24.9. The van der Waals surface area contributed by atoms with Crippen molar-refractivity contribution >= 4 is 17.3 Å². The number of ether oxygens (including phenoxy) is 3. The molecule has 33 heavy (non-hydrogen) atoms. The van der Waals surface area contributed by atoms with Crippen LogP contribution in [-0.4, -0.2) is 72.6 Å². The molecule has 1 aliphatic heterocycles. The molecule has 0 radical (unpaired) electrons.